The van der Waals surface area contributed by atoms with Crippen molar-refractivity contribution in [3.63, 3.8) is 0 Å². The molecule has 0 saturated carbocycles. The van der Waals surface area contributed by atoms with Gasteiger partial charge in [-0.15, -0.1) is 0 Å². The lowest BCUT2D eigenvalue weighted by Gasteiger charge is -1.54. The van der Waals surface area contributed by atoms with Crippen LogP contribution in [0.1, 0.15) is 0 Å². The summed E-state index contributed by atoms with van der Waals surface area (Å²) in [5.41, 5.74) is 0. The van der Waals surface area contributed by atoms with Crippen molar-refractivity contribution >= 4 is 21.7 Å². The summed E-state index contributed by atoms with van der Waals surface area (Å²) in [6, 6.07) is 0. The predicted octanol–water partition coefficient (Wildman–Crippen LogP) is 2.02. The first-order valence-corrected chi connectivity index (χ1v) is 2.50. The van der Waals surface area contributed by atoms with E-state index in [1.807, 2.05) is 0 Å². The second kappa shape index (κ2) is 3.38. The number of hydrogen-bond acceptors (Lipinski definition) is 1. The lowest BCUT2D eigenvalue weighted by molar-refractivity contribution is 2.69. The van der Waals surface area contributed by atoms with Gasteiger partial charge in [-0.1, -0.05) is 6.58 Å². The average molecular weight is 94.6 g/mol. The molecule has 0 spiro atoms. The molecule has 0 saturated heterocycles. The molecule has 0 unspecified atom stereocenters. The summed E-state index contributed by atoms with van der Waals surface area (Å²) in [6.45, 7) is 3.31. The van der Waals surface area contributed by atoms with Gasteiger partial charge in [0.15, 0.2) is 0 Å². The van der Waals surface area contributed by atoms with E-state index in [0.717, 1.165) is 11.0 Å². The highest BCUT2D eigenvalue weighted by Crippen LogP contribution is 2.02. The van der Waals surface area contributed by atoms with Crippen LogP contribution in [0.5, 0.6) is 0 Å². The fourth-order valence-corrected chi connectivity index (χ4v) is 0. The molecule has 4 heavy (non-hydrogen) atoms. The lowest BCUT2D eigenvalue weighted by Crippen LogP contribution is -1.09. The monoisotopic (exact) mass is 94.0 g/mol. The molecule has 24 valence electrons. The summed E-state index contributed by atoms with van der Waals surface area (Å²) < 4.78 is 0. The zero-order chi connectivity index (χ0) is 3.41. The van der Waals surface area contributed by atoms with Crippen LogP contribution >= 0.6 is 21.7 Å². The Labute approximate surface area is 34.3 Å². The molecule has 0 aliphatic heterocycles. The molecular weight excluding hydrogens is 91.5 g/mol. The summed E-state index contributed by atoms with van der Waals surface area (Å²) in [4.78, 5) is 0. The molecule has 0 N–H and O–H groups in total. The maximum absolute atomic E-state index is 4.98. The Kier molecular flexibility index (Phi) is 3.70. The molecule has 0 bridgehead atoms. The van der Waals surface area contributed by atoms with Gasteiger partial charge < -0.3 is 0 Å². The Balaban J connectivity index is 2.30. The molecule has 2 heteroatoms. The van der Waals surface area contributed by atoms with Gasteiger partial charge in [-0.25, -0.2) is 0 Å². The normalized spacial score (nSPS) is 6.25. The van der Waals surface area contributed by atoms with Crippen LogP contribution in [-0.4, -0.2) is 0 Å². The minimum atomic E-state index is 1.09. The summed E-state index contributed by atoms with van der Waals surface area (Å²) in [6.07, 6.45) is 0. The SMILES string of the molecule is C=CSCl. The Hall–Kier alpha value is 0.380. The van der Waals surface area contributed by atoms with Crippen LogP contribution in [0.25, 0.3) is 0 Å². The Morgan fingerprint density at radius 3 is 2.25 bits per heavy atom. The third-order valence-corrected chi connectivity index (χ3v) is 0.567. The van der Waals surface area contributed by atoms with Crippen molar-refractivity contribution in [2.75, 3.05) is 0 Å². The molecule has 0 aliphatic rings. The standard InChI is InChI=1S/C2H3ClS/c1-2-4-3/h2H,1H2. The van der Waals surface area contributed by atoms with E-state index in [4.69, 9.17) is 10.7 Å². The van der Waals surface area contributed by atoms with Crippen molar-refractivity contribution in [3.8, 4) is 0 Å². The van der Waals surface area contributed by atoms with Crippen molar-refractivity contribution in [2.24, 2.45) is 0 Å². The second-order valence-electron chi connectivity index (χ2n) is 0.256. The molecule has 0 fully saturated rings. The van der Waals surface area contributed by atoms with Crippen LogP contribution in [-0.2, 0) is 0 Å². The van der Waals surface area contributed by atoms with Crippen LogP contribution in [0.15, 0.2) is 12.0 Å². The van der Waals surface area contributed by atoms with E-state index in [1.165, 1.54) is 0 Å². The minimum absolute atomic E-state index is 1.09. The third-order valence-electron chi connectivity index (χ3n) is 0.0630. The number of hydrogen-bond donors (Lipinski definition) is 0. The van der Waals surface area contributed by atoms with Gasteiger partial charge in [0.2, 0.25) is 0 Å². The maximum Gasteiger partial charge on any atom is -0.0203 e. The van der Waals surface area contributed by atoms with Gasteiger partial charge in [-0.05, 0) is 27.1 Å². The van der Waals surface area contributed by atoms with Gasteiger partial charge >= 0.3 is 0 Å². The number of rotatable bonds is 1. The van der Waals surface area contributed by atoms with E-state index in [0.29, 0.717) is 0 Å². The van der Waals surface area contributed by atoms with Gasteiger partial charge in [-0.2, -0.15) is 0 Å². The van der Waals surface area contributed by atoms with Crippen molar-refractivity contribution in [3.05, 3.63) is 12.0 Å². The molecule has 0 aromatic heterocycles. The summed E-state index contributed by atoms with van der Waals surface area (Å²) in [5.74, 6) is 0. The largest absolute Gasteiger partial charge is 0.0915 e. The van der Waals surface area contributed by atoms with Crippen LogP contribution in [0.2, 0.25) is 0 Å². The van der Waals surface area contributed by atoms with E-state index in [-0.39, 0.29) is 0 Å². The minimum Gasteiger partial charge on any atom is -0.0915 e. The van der Waals surface area contributed by atoms with Gasteiger partial charge in [-0.3, -0.25) is 0 Å². The summed E-state index contributed by atoms with van der Waals surface area (Å²) >= 11 is 0. The highest BCUT2D eigenvalue weighted by molar-refractivity contribution is 8.23. The zero-order valence-electron chi connectivity index (χ0n) is 2.07. The first kappa shape index (κ1) is 4.38. The Bertz CT molecular complexity index is 20.0. The van der Waals surface area contributed by atoms with Gasteiger partial charge in [0.25, 0.3) is 0 Å². The highest BCUT2D eigenvalue weighted by Gasteiger charge is 1.48. The van der Waals surface area contributed by atoms with Crippen molar-refractivity contribution in [1.29, 1.82) is 0 Å². The first-order valence-electron chi connectivity index (χ1n) is 0.798. The fraction of sp³-hybridized carbons (Fsp3) is 0. The molecule has 0 rings (SSSR count). The van der Waals surface area contributed by atoms with Crippen LogP contribution in [0.3, 0.4) is 0 Å². The highest BCUT2D eigenvalue weighted by atomic mass is 35.7. The molecule has 0 heterocycles. The van der Waals surface area contributed by atoms with E-state index in [2.05, 4.69) is 6.58 Å². The van der Waals surface area contributed by atoms with Crippen LogP contribution in [0, 0.1) is 0 Å². The molecular formula is C2H3ClS. The van der Waals surface area contributed by atoms with Gasteiger partial charge in [0.1, 0.15) is 0 Å². The Morgan fingerprint density at radius 2 is 2.25 bits per heavy atom. The quantitative estimate of drug-likeness (QED) is 0.479. The third kappa shape index (κ3) is 2.38. The van der Waals surface area contributed by atoms with Crippen molar-refractivity contribution in [1.82, 2.24) is 0 Å². The summed E-state index contributed by atoms with van der Waals surface area (Å²) in [7, 11) is 6.08. The van der Waals surface area contributed by atoms with Gasteiger partial charge in [0, 0.05) is 0 Å². The number of halogens is 1. The molecule has 0 atom stereocenters. The fourth-order valence-electron chi connectivity index (χ4n) is 0. The first-order chi connectivity index (χ1) is 1.91. The molecule has 0 radical (unpaired) electrons. The van der Waals surface area contributed by atoms with Crippen LogP contribution in [0.4, 0.5) is 0 Å². The summed E-state index contributed by atoms with van der Waals surface area (Å²) in [5, 5.41) is 1.56. The zero-order valence-corrected chi connectivity index (χ0v) is 3.64. The van der Waals surface area contributed by atoms with Crippen molar-refractivity contribution in [2.45, 2.75) is 0 Å². The van der Waals surface area contributed by atoms with Crippen molar-refractivity contribution < 1.29 is 0 Å². The molecule has 0 aromatic carbocycles. The van der Waals surface area contributed by atoms with Gasteiger partial charge in [0.05, 0.1) is 0 Å². The molecule has 0 nitrogen and oxygen atoms in total. The smallest absolute Gasteiger partial charge is 0.0203 e. The molecule has 0 aliphatic carbocycles. The molecule has 0 aromatic rings. The topological polar surface area (TPSA) is 0 Å². The van der Waals surface area contributed by atoms with E-state index >= 15 is 0 Å². The second-order valence-corrected chi connectivity index (χ2v) is 1.30. The maximum atomic E-state index is 4.98. The van der Waals surface area contributed by atoms with E-state index in [9.17, 15) is 0 Å². The van der Waals surface area contributed by atoms with Crippen LogP contribution < -0.4 is 0 Å². The van der Waals surface area contributed by atoms with E-state index in [1.54, 1.807) is 5.41 Å². The predicted molar refractivity (Wildman–Crippen MR) is 23.6 cm³/mol. The van der Waals surface area contributed by atoms with E-state index < -0.39 is 0 Å². The lowest BCUT2D eigenvalue weighted by atomic mass is 11.3. The molecule has 0 amide bonds. The Morgan fingerprint density at radius 1 is 2.00 bits per heavy atom. The average Bonchev–Trinajstić information content (AvgIpc) is 1.37.